The SMILES string of the molecule is Nc1ccc(CCNC(=O)Cn2cncn2)cc1. The highest BCUT2D eigenvalue weighted by molar-refractivity contribution is 5.75. The van der Waals surface area contributed by atoms with E-state index >= 15 is 0 Å². The lowest BCUT2D eigenvalue weighted by atomic mass is 10.1. The Morgan fingerprint density at radius 2 is 2.11 bits per heavy atom. The monoisotopic (exact) mass is 245 g/mol. The fraction of sp³-hybridized carbons (Fsp3) is 0.250. The van der Waals surface area contributed by atoms with Crippen molar-refractivity contribution in [3.8, 4) is 0 Å². The molecule has 6 heteroatoms. The quantitative estimate of drug-likeness (QED) is 0.738. The zero-order valence-corrected chi connectivity index (χ0v) is 9.91. The van der Waals surface area contributed by atoms with Crippen molar-refractivity contribution < 1.29 is 4.79 Å². The minimum absolute atomic E-state index is 0.0732. The minimum Gasteiger partial charge on any atom is -0.399 e. The zero-order chi connectivity index (χ0) is 12.8. The number of nitrogens with two attached hydrogens (primary N) is 1. The third-order valence-electron chi connectivity index (χ3n) is 2.49. The molecule has 18 heavy (non-hydrogen) atoms. The summed E-state index contributed by atoms with van der Waals surface area (Å²) in [6.07, 6.45) is 3.70. The molecular formula is C12H15N5O. The maximum Gasteiger partial charge on any atom is 0.241 e. The van der Waals surface area contributed by atoms with E-state index in [1.807, 2.05) is 24.3 Å². The van der Waals surface area contributed by atoms with Crippen LogP contribution in [0.25, 0.3) is 0 Å². The smallest absolute Gasteiger partial charge is 0.241 e. The molecule has 1 aromatic carbocycles. The molecular weight excluding hydrogens is 230 g/mol. The van der Waals surface area contributed by atoms with Gasteiger partial charge in [-0.15, -0.1) is 0 Å². The van der Waals surface area contributed by atoms with Crippen LogP contribution < -0.4 is 11.1 Å². The van der Waals surface area contributed by atoms with Crippen molar-refractivity contribution in [1.82, 2.24) is 20.1 Å². The number of hydrogen-bond donors (Lipinski definition) is 2. The van der Waals surface area contributed by atoms with Crippen molar-refractivity contribution in [2.24, 2.45) is 0 Å². The van der Waals surface area contributed by atoms with Gasteiger partial charge >= 0.3 is 0 Å². The fourth-order valence-electron chi connectivity index (χ4n) is 1.55. The van der Waals surface area contributed by atoms with Gasteiger partial charge in [0, 0.05) is 12.2 Å². The summed E-state index contributed by atoms with van der Waals surface area (Å²) in [5.74, 6) is -0.0732. The first-order chi connectivity index (χ1) is 8.74. The van der Waals surface area contributed by atoms with Crippen molar-refractivity contribution >= 4 is 11.6 Å². The Kier molecular flexibility index (Phi) is 3.90. The summed E-state index contributed by atoms with van der Waals surface area (Å²) >= 11 is 0. The number of benzene rings is 1. The van der Waals surface area contributed by atoms with Crippen LogP contribution in [-0.2, 0) is 17.8 Å². The molecule has 1 heterocycles. The Labute approximate surface area is 105 Å². The molecule has 94 valence electrons. The van der Waals surface area contributed by atoms with E-state index in [9.17, 15) is 4.79 Å². The fourth-order valence-corrected chi connectivity index (χ4v) is 1.55. The predicted molar refractivity (Wildman–Crippen MR) is 67.6 cm³/mol. The standard InChI is InChI=1S/C12H15N5O/c13-11-3-1-10(2-4-11)5-6-15-12(18)7-17-9-14-8-16-17/h1-4,8-9H,5-7,13H2,(H,15,18). The van der Waals surface area contributed by atoms with Crippen molar-refractivity contribution in [3.63, 3.8) is 0 Å². The maximum atomic E-state index is 11.5. The van der Waals surface area contributed by atoms with Crippen molar-refractivity contribution in [1.29, 1.82) is 0 Å². The van der Waals surface area contributed by atoms with Crippen molar-refractivity contribution in [2.75, 3.05) is 12.3 Å². The second-order valence-electron chi connectivity index (χ2n) is 3.93. The van der Waals surface area contributed by atoms with Crippen LogP contribution in [0.4, 0.5) is 5.69 Å². The summed E-state index contributed by atoms with van der Waals surface area (Å²) in [4.78, 5) is 15.3. The van der Waals surface area contributed by atoms with Gasteiger partial charge < -0.3 is 11.1 Å². The molecule has 2 aromatic rings. The Bertz CT molecular complexity index is 492. The Hall–Kier alpha value is -2.37. The Morgan fingerprint density at radius 3 is 2.78 bits per heavy atom. The first kappa shape index (κ1) is 12.1. The van der Waals surface area contributed by atoms with Crippen LogP contribution in [0.15, 0.2) is 36.9 Å². The molecule has 0 radical (unpaired) electrons. The number of anilines is 1. The van der Waals surface area contributed by atoms with Gasteiger partial charge in [-0.2, -0.15) is 5.10 Å². The van der Waals surface area contributed by atoms with E-state index < -0.39 is 0 Å². The van der Waals surface area contributed by atoms with Crippen LogP contribution in [-0.4, -0.2) is 27.2 Å². The molecule has 0 fully saturated rings. The number of rotatable bonds is 5. The highest BCUT2D eigenvalue weighted by Crippen LogP contribution is 2.05. The molecule has 0 unspecified atom stereocenters. The number of nitrogen functional groups attached to an aromatic ring is 1. The zero-order valence-electron chi connectivity index (χ0n) is 9.91. The lowest BCUT2D eigenvalue weighted by molar-refractivity contribution is -0.121. The number of carbonyl (C=O) groups excluding carboxylic acids is 1. The molecule has 0 aliphatic heterocycles. The van der Waals surface area contributed by atoms with Gasteiger partial charge in [0.25, 0.3) is 0 Å². The highest BCUT2D eigenvalue weighted by atomic mass is 16.2. The second-order valence-corrected chi connectivity index (χ2v) is 3.93. The maximum absolute atomic E-state index is 11.5. The molecule has 0 aliphatic carbocycles. The topological polar surface area (TPSA) is 85.8 Å². The molecule has 2 rings (SSSR count). The molecule has 0 aliphatic rings. The molecule has 0 bridgehead atoms. The van der Waals surface area contributed by atoms with Crippen LogP contribution in [0.5, 0.6) is 0 Å². The number of carbonyl (C=O) groups is 1. The average Bonchev–Trinajstić information content (AvgIpc) is 2.84. The largest absolute Gasteiger partial charge is 0.399 e. The number of amides is 1. The normalized spacial score (nSPS) is 10.2. The molecule has 0 atom stereocenters. The van der Waals surface area contributed by atoms with E-state index in [2.05, 4.69) is 15.4 Å². The van der Waals surface area contributed by atoms with E-state index in [0.717, 1.165) is 17.7 Å². The Morgan fingerprint density at radius 1 is 1.33 bits per heavy atom. The minimum atomic E-state index is -0.0732. The van der Waals surface area contributed by atoms with Gasteiger partial charge in [-0.3, -0.25) is 4.79 Å². The average molecular weight is 245 g/mol. The van der Waals surface area contributed by atoms with Gasteiger partial charge in [0.1, 0.15) is 19.2 Å². The van der Waals surface area contributed by atoms with E-state index in [4.69, 9.17) is 5.73 Å². The molecule has 0 saturated heterocycles. The lowest BCUT2D eigenvalue weighted by Gasteiger charge is -2.05. The van der Waals surface area contributed by atoms with Crippen molar-refractivity contribution in [3.05, 3.63) is 42.5 Å². The number of nitrogens with zero attached hydrogens (tertiary/aromatic N) is 3. The number of hydrogen-bond acceptors (Lipinski definition) is 4. The van der Waals surface area contributed by atoms with E-state index in [0.29, 0.717) is 6.54 Å². The molecule has 0 saturated carbocycles. The third-order valence-corrected chi connectivity index (χ3v) is 2.49. The van der Waals surface area contributed by atoms with Gasteiger partial charge in [-0.25, -0.2) is 9.67 Å². The van der Waals surface area contributed by atoms with Crippen LogP contribution in [0, 0.1) is 0 Å². The molecule has 1 amide bonds. The van der Waals surface area contributed by atoms with Gasteiger partial charge in [0.15, 0.2) is 0 Å². The third kappa shape index (κ3) is 3.58. The predicted octanol–water partition coefficient (Wildman–Crippen LogP) is 0.219. The summed E-state index contributed by atoms with van der Waals surface area (Å²) in [5.41, 5.74) is 7.48. The summed E-state index contributed by atoms with van der Waals surface area (Å²) in [7, 11) is 0. The van der Waals surface area contributed by atoms with Gasteiger partial charge in [-0.05, 0) is 24.1 Å². The van der Waals surface area contributed by atoms with E-state index in [-0.39, 0.29) is 12.5 Å². The molecule has 1 aromatic heterocycles. The van der Waals surface area contributed by atoms with Crippen LogP contribution in [0.1, 0.15) is 5.56 Å². The van der Waals surface area contributed by atoms with Crippen LogP contribution in [0.2, 0.25) is 0 Å². The second kappa shape index (κ2) is 5.81. The van der Waals surface area contributed by atoms with Crippen molar-refractivity contribution in [2.45, 2.75) is 13.0 Å². The first-order valence-corrected chi connectivity index (χ1v) is 5.67. The summed E-state index contributed by atoms with van der Waals surface area (Å²) < 4.78 is 1.48. The Balaban J connectivity index is 1.72. The lowest BCUT2D eigenvalue weighted by Crippen LogP contribution is -2.29. The first-order valence-electron chi connectivity index (χ1n) is 5.67. The summed E-state index contributed by atoms with van der Waals surface area (Å²) in [5, 5.41) is 6.69. The summed E-state index contributed by atoms with van der Waals surface area (Å²) in [6, 6.07) is 7.62. The van der Waals surface area contributed by atoms with Gasteiger partial charge in [-0.1, -0.05) is 12.1 Å². The number of aromatic nitrogens is 3. The molecule has 6 nitrogen and oxygen atoms in total. The molecule has 3 N–H and O–H groups in total. The van der Waals surface area contributed by atoms with E-state index in [1.165, 1.54) is 17.3 Å². The number of nitrogens with one attached hydrogen (secondary N) is 1. The van der Waals surface area contributed by atoms with E-state index in [1.54, 1.807) is 0 Å². The highest BCUT2D eigenvalue weighted by Gasteiger charge is 2.02. The van der Waals surface area contributed by atoms with Crippen LogP contribution in [0.3, 0.4) is 0 Å². The van der Waals surface area contributed by atoms with Gasteiger partial charge in [0.05, 0.1) is 0 Å². The molecule has 0 spiro atoms. The summed E-state index contributed by atoms with van der Waals surface area (Å²) in [6.45, 7) is 0.791. The van der Waals surface area contributed by atoms with Gasteiger partial charge in [0.2, 0.25) is 5.91 Å². The van der Waals surface area contributed by atoms with Crippen LogP contribution >= 0.6 is 0 Å².